The van der Waals surface area contributed by atoms with E-state index in [1.165, 1.54) is 6.92 Å². The molecule has 0 aromatic heterocycles. The smallest absolute Gasteiger partial charge is 0.389 e. The van der Waals surface area contributed by atoms with Crippen LogP contribution in [0.25, 0.3) is 0 Å². The fourth-order valence-electron chi connectivity index (χ4n) is 1.08. The number of halogens is 3. The summed E-state index contributed by atoms with van der Waals surface area (Å²) in [4.78, 5) is 21.5. The summed E-state index contributed by atoms with van der Waals surface area (Å²) in [6.07, 6.45) is -5.06. The maximum atomic E-state index is 11.8. The molecule has 0 fully saturated rings. The van der Waals surface area contributed by atoms with Gasteiger partial charge in [-0.2, -0.15) is 13.2 Å². The van der Waals surface area contributed by atoms with Crippen molar-refractivity contribution in [3.05, 3.63) is 0 Å². The monoisotopic (exact) mass is 270 g/mol. The first-order chi connectivity index (χ1) is 8.22. The fraction of sp³-hybridized carbons (Fsp3) is 0.800. The summed E-state index contributed by atoms with van der Waals surface area (Å²) in [5, 5.41) is 13.2. The number of urea groups is 1. The van der Waals surface area contributed by atoms with E-state index in [1.807, 2.05) is 0 Å². The number of hydrogen-bond acceptors (Lipinski definition) is 2. The molecule has 8 heteroatoms. The molecule has 1 atom stereocenters. The number of rotatable bonds is 7. The van der Waals surface area contributed by atoms with Crippen LogP contribution in [0.15, 0.2) is 0 Å². The van der Waals surface area contributed by atoms with E-state index in [0.29, 0.717) is 0 Å². The average Bonchev–Trinajstić information content (AvgIpc) is 2.22. The third kappa shape index (κ3) is 9.73. The van der Waals surface area contributed by atoms with Gasteiger partial charge >= 0.3 is 18.2 Å². The highest BCUT2D eigenvalue weighted by molar-refractivity contribution is 5.74. The Bertz CT molecular complexity index is 282. The molecule has 106 valence electrons. The number of aliphatic carboxylic acids is 1. The number of carbonyl (C=O) groups excluding carboxylic acids is 1. The molecule has 0 saturated heterocycles. The van der Waals surface area contributed by atoms with Crippen molar-refractivity contribution in [3.63, 3.8) is 0 Å². The number of nitrogens with one attached hydrogen (secondary N) is 2. The van der Waals surface area contributed by atoms with Crippen molar-refractivity contribution >= 4 is 12.0 Å². The third-order valence-electron chi connectivity index (χ3n) is 2.21. The highest BCUT2D eigenvalue weighted by Crippen LogP contribution is 2.20. The molecule has 0 rings (SSSR count). The first-order valence-corrected chi connectivity index (χ1v) is 5.53. The van der Waals surface area contributed by atoms with Crippen LogP contribution in [0.4, 0.5) is 18.0 Å². The van der Waals surface area contributed by atoms with Gasteiger partial charge in [-0.05, 0) is 12.8 Å². The van der Waals surface area contributed by atoms with E-state index in [0.717, 1.165) is 0 Å². The van der Waals surface area contributed by atoms with Gasteiger partial charge in [-0.3, -0.25) is 4.79 Å². The summed E-state index contributed by atoms with van der Waals surface area (Å²) in [5.74, 6) is -1.53. The Labute approximate surface area is 103 Å². The summed E-state index contributed by atoms with van der Waals surface area (Å²) < 4.78 is 35.3. The maximum absolute atomic E-state index is 11.8. The van der Waals surface area contributed by atoms with Gasteiger partial charge in [0.1, 0.15) is 0 Å². The largest absolute Gasteiger partial charge is 0.481 e. The fourth-order valence-corrected chi connectivity index (χ4v) is 1.08. The SMILES string of the molecule is CC(CCNC(=O)NCCCC(F)(F)F)C(=O)O. The number of hydrogen-bond donors (Lipinski definition) is 3. The van der Waals surface area contributed by atoms with Crippen LogP contribution in [0, 0.1) is 5.92 Å². The van der Waals surface area contributed by atoms with Gasteiger partial charge in [0.15, 0.2) is 0 Å². The Morgan fingerprint density at radius 2 is 1.78 bits per heavy atom. The van der Waals surface area contributed by atoms with Crippen LogP contribution in [0.1, 0.15) is 26.2 Å². The lowest BCUT2D eigenvalue weighted by Gasteiger charge is -2.10. The number of amides is 2. The summed E-state index contributed by atoms with van der Waals surface area (Å²) in [6.45, 7) is 1.60. The van der Waals surface area contributed by atoms with Gasteiger partial charge in [-0.15, -0.1) is 0 Å². The van der Waals surface area contributed by atoms with E-state index in [9.17, 15) is 22.8 Å². The number of carbonyl (C=O) groups is 2. The second-order valence-corrected chi connectivity index (χ2v) is 3.93. The van der Waals surface area contributed by atoms with Crippen molar-refractivity contribution in [2.75, 3.05) is 13.1 Å². The highest BCUT2D eigenvalue weighted by atomic mass is 19.4. The molecule has 0 aromatic carbocycles. The first kappa shape index (κ1) is 16.5. The molecule has 0 aliphatic heterocycles. The zero-order valence-corrected chi connectivity index (χ0v) is 10.0. The van der Waals surface area contributed by atoms with Crippen molar-refractivity contribution in [1.29, 1.82) is 0 Å². The average molecular weight is 270 g/mol. The molecule has 0 heterocycles. The summed E-state index contributed by atoms with van der Waals surface area (Å²) in [7, 11) is 0. The Hall–Kier alpha value is -1.47. The van der Waals surface area contributed by atoms with Gasteiger partial charge < -0.3 is 15.7 Å². The molecule has 0 bridgehead atoms. The molecule has 0 aromatic rings. The molecule has 0 spiro atoms. The van der Waals surface area contributed by atoms with Gasteiger partial charge in [-0.1, -0.05) is 6.92 Å². The predicted molar refractivity (Wildman–Crippen MR) is 58.1 cm³/mol. The Balaban J connectivity index is 3.52. The summed E-state index contributed by atoms with van der Waals surface area (Å²) >= 11 is 0. The lowest BCUT2D eigenvalue weighted by atomic mass is 10.1. The van der Waals surface area contributed by atoms with E-state index >= 15 is 0 Å². The number of carboxylic acids is 1. The normalized spacial score (nSPS) is 12.9. The molecule has 0 aliphatic carbocycles. The maximum Gasteiger partial charge on any atom is 0.389 e. The van der Waals surface area contributed by atoms with Gasteiger partial charge in [0.05, 0.1) is 5.92 Å². The zero-order valence-electron chi connectivity index (χ0n) is 10.0. The second-order valence-electron chi connectivity index (χ2n) is 3.93. The molecule has 0 aliphatic rings. The highest BCUT2D eigenvalue weighted by Gasteiger charge is 2.25. The van der Waals surface area contributed by atoms with Crippen LogP contribution in [-0.4, -0.2) is 36.4 Å². The van der Waals surface area contributed by atoms with Crippen LogP contribution in [-0.2, 0) is 4.79 Å². The summed E-state index contributed by atoms with van der Waals surface area (Å²) in [6, 6.07) is -0.588. The van der Waals surface area contributed by atoms with Crippen LogP contribution in [0.5, 0.6) is 0 Å². The van der Waals surface area contributed by atoms with Gasteiger partial charge in [0.2, 0.25) is 0 Å². The predicted octanol–water partition coefficient (Wildman–Crippen LogP) is 1.74. The topological polar surface area (TPSA) is 78.4 Å². The van der Waals surface area contributed by atoms with Crippen LogP contribution >= 0.6 is 0 Å². The van der Waals surface area contributed by atoms with E-state index in [1.54, 1.807) is 0 Å². The quantitative estimate of drug-likeness (QED) is 0.616. The lowest BCUT2D eigenvalue weighted by Crippen LogP contribution is -2.37. The van der Waals surface area contributed by atoms with Gasteiger partial charge in [0.25, 0.3) is 0 Å². The van der Waals surface area contributed by atoms with Crippen LogP contribution < -0.4 is 10.6 Å². The second kappa shape index (κ2) is 7.78. The van der Waals surface area contributed by atoms with Crippen molar-refractivity contribution in [1.82, 2.24) is 10.6 Å². The van der Waals surface area contributed by atoms with E-state index < -0.39 is 30.5 Å². The first-order valence-electron chi connectivity index (χ1n) is 5.53. The van der Waals surface area contributed by atoms with Crippen molar-refractivity contribution in [3.8, 4) is 0 Å². The molecule has 2 amide bonds. The zero-order chi connectivity index (χ0) is 14.2. The van der Waals surface area contributed by atoms with Crippen molar-refractivity contribution < 1.29 is 27.9 Å². The summed E-state index contributed by atoms with van der Waals surface area (Å²) in [5.41, 5.74) is 0. The Morgan fingerprint density at radius 3 is 2.28 bits per heavy atom. The minimum Gasteiger partial charge on any atom is -0.481 e. The molecule has 1 unspecified atom stereocenters. The van der Waals surface area contributed by atoms with E-state index in [-0.39, 0.29) is 25.9 Å². The lowest BCUT2D eigenvalue weighted by molar-refractivity contribution is -0.141. The van der Waals surface area contributed by atoms with Crippen LogP contribution in [0.2, 0.25) is 0 Å². The number of alkyl halides is 3. The van der Waals surface area contributed by atoms with Crippen molar-refractivity contribution in [2.45, 2.75) is 32.4 Å². The third-order valence-corrected chi connectivity index (χ3v) is 2.21. The van der Waals surface area contributed by atoms with Gasteiger partial charge in [-0.25, -0.2) is 4.79 Å². The Morgan fingerprint density at radius 1 is 1.22 bits per heavy atom. The molecular formula is C10H17F3N2O3. The standard InChI is InChI=1S/C10H17F3N2O3/c1-7(8(16)17)3-6-15-9(18)14-5-2-4-10(11,12)13/h7H,2-6H2,1H3,(H,16,17)(H2,14,15,18). The molecular weight excluding hydrogens is 253 g/mol. The van der Waals surface area contributed by atoms with Crippen LogP contribution in [0.3, 0.4) is 0 Å². The van der Waals surface area contributed by atoms with E-state index in [4.69, 9.17) is 5.11 Å². The molecule has 3 N–H and O–H groups in total. The van der Waals surface area contributed by atoms with E-state index in [2.05, 4.69) is 10.6 Å². The minimum atomic E-state index is -4.21. The molecule has 5 nitrogen and oxygen atoms in total. The van der Waals surface area contributed by atoms with Crippen molar-refractivity contribution in [2.24, 2.45) is 5.92 Å². The van der Waals surface area contributed by atoms with Gasteiger partial charge in [0, 0.05) is 19.5 Å². The minimum absolute atomic E-state index is 0.0696. The molecule has 0 radical (unpaired) electrons. The Kier molecular flexibility index (Phi) is 7.14. The molecule has 18 heavy (non-hydrogen) atoms. The molecule has 0 saturated carbocycles. The number of carboxylic acid groups (broad SMARTS) is 1.